The SMILES string of the molecule is Cc1cccc(CN(C)c2ncnc(N)c2[N+](=O)[O-])n1. The molecule has 0 unspecified atom stereocenters. The molecule has 20 heavy (non-hydrogen) atoms. The molecule has 0 saturated carbocycles. The third-order valence-corrected chi connectivity index (χ3v) is 2.72. The van der Waals surface area contributed by atoms with Gasteiger partial charge in [-0.3, -0.25) is 15.1 Å². The second kappa shape index (κ2) is 5.47. The second-order valence-electron chi connectivity index (χ2n) is 4.31. The van der Waals surface area contributed by atoms with Gasteiger partial charge in [-0.05, 0) is 19.1 Å². The van der Waals surface area contributed by atoms with Gasteiger partial charge >= 0.3 is 5.69 Å². The van der Waals surface area contributed by atoms with E-state index in [2.05, 4.69) is 15.0 Å². The monoisotopic (exact) mass is 274 g/mol. The van der Waals surface area contributed by atoms with Gasteiger partial charge < -0.3 is 10.6 Å². The van der Waals surface area contributed by atoms with Crippen LogP contribution in [0.5, 0.6) is 0 Å². The van der Waals surface area contributed by atoms with E-state index in [0.29, 0.717) is 6.54 Å². The van der Waals surface area contributed by atoms with E-state index in [1.807, 2.05) is 25.1 Å². The van der Waals surface area contributed by atoms with Crippen molar-refractivity contribution >= 4 is 17.3 Å². The van der Waals surface area contributed by atoms with Crippen LogP contribution in [0.4, 0.5) is 17.3 Å². The number of pyridine rings is 1. The molecule has 2 heterocycles. The molecule has 104 valence electrons. The fraction of sp³-hybridized carbons (Fsp3) is 0.250. The Morgan fingerprint density at radius 1 is 1.40 bits per heavy atom. The van der Waals surface area contributed by atoms with Crippen LogP contribution in [0.3, 0.4) is 0 Å². The molecular formula is C12H14N6O2. The maximum atomic E-state index is 11.1. The highest BCUT2D eigenvalue weighted by molar-refractivity contribution is 5.68. The van der Waals surface area contributed by atoms with E-state index in [1.54, 1.807) is 11.9 Å². The number of nitrogens with zero attached hydrogens (tertiary/aromatic N) is 5. The fourth-order valence-electron chi connectivity index (χ4n) is 1.84. The first-order valence-electron chi connectivity index (χ1n) is 5.87. The van der Waals surface area contributed by atoms with Crippen molar-refractivity contribution in [1.82, 2.24) is 15.0 Å². The van der Waals surface area contributed by atoms with Crippen LogP contribution >= 0.6 is 0 Å². The van der Waals surface area contributed by atoms with Crippen molar-refractivity contribution in [2.45, 2.75) is 13.5 Å². The van der Waals surface area contributed by atoms with Crippen LogP contribution in [0.1, 0.15) is 11.4 Å². The van der Waals surface area contributed by atoms with Crippen molar-refractivity contribution in [2.75, 3.05) is 17.7 Å². The van der Waals surface area contributed by atoms with E-state index in [-0.39, 0.29) is 17.3 Å². The van der Waals surface area contributed by atoms with Crippen molar-refractivity contribution in [1.29, 1.82) is 0 Å². The van der Waals surface area contributed by atoms with E-state index in [1.165, 1.54) is 6.33 Å². The summed E-state index contributed by atoms with van der Waals surface area (Å²) in [7, 11) is 1.69. The van der Waals surface area contributed by atoms with Gasteiger partial charge in [-0.1, -0.05) is 6.07 Å². The summed E-state index contributed by atoms with van der Waals surface area (Å²) >= 11 is 0. The van der Waals surface area contributed by atoms with Crippen LogP contribution in [0.25, 0.3) is 0 Å². The van der Waals surface area contributed by atoms with E-state index in [4.69, 9.17) is 5.73 Å². The van der Waals surface area contributed by atoms with Gasteiger partial charge in [-0.2, -0.15) is 0 Å². The van der Waals surface area contributed by atoms with Gasteiger partial charge in [-0.15, -0.1) is 0 Å². The molecule has 0 aliphatic rings. The van der Waals surface area contributed by atoms with Crippen molar-refractivity contribution in [3.8, 4) is 0 Å². The maximum absolute atomic E-state index is 11.1. The fourth-order valence-corrected chi connectivity index (χ4v) is 1.84. The molecular weight excluding hydrogens is 260 g/mol. The van der Waals surface area contributed by atoms with Crippen LogP contribution in [-0.4, -0.2) is 26.9 Å². The summed E-state index contributed by atoms with van der Waals surface area (Å²) in [6.45, 7) is 2.27. The Hall–Kier alpha value is -2.77. The van der Waals surface area contributed by atoms with Crippen molar-refractivity contribution in [3.05, 3.63) is 46.0 Å². The third kappa shape index (κ3) is 2.79. The highest BCUT2D eigenvalue weighted by Gasteiger charge is 2.23. The molecule has 0 amide bonds. The minimum absolute atomic E-state index is 0.149. The summed E-state index contributed by atoms with van der Waals surface area (Å²) in [5.74, 6) is 0.0230. The topological polar surface area (TPSA) is 111 Å². The minimum atomic E-state index is -0.579. The van der Waals surface area contributed by atoms with Gasteiger partial charge in [0.05, 0.1) is 17.2 Å². The zero-order chi connectivity index (χ0) is 14.7. The van der Waals surface area contributed by atoms with Gasteiger partial charge in [0.15, 0.2) is 0 Å². The first-order chi connectivity index (χ1) is 9.49. The van der Waals surface area contributed by atoms with E-state index in [9.17, 15) is 10.1 Å². The summed E-state index contributed by atoms with van der Waals surface area (Å²) in [4.78, 5) is 24.0. The van der Waals surface area contributed by atoms with Crippen LogP contribution in [0, 0.1) is 17.0 Å². The molecule has 0 saturated heterocycles. The molecule has 0 radical (unpaired) electrons. The third-order valence-electron chi connectivity index (χ3n) is 2.72. The zero-order valence-corrected chi connectivity index (χ0v) is 11.1. The first-order valence-corrected chi connectivity index (χ1v) is 5.87. The molecule has 2 aromatic heterocycles. The number of nitro groups is 1. The second-order valence-corrected chi connectivity index (χ2v) is 4.31. The first kappa shape index (κ1) is 13.7. The molecule has 0 bridgehead atoms. The minimum Gasteiger partial charge on any atom is -0.378 e. The smallest absolute Gasteiger partial charge is 0.353 e. The number of nitrogen functional groups attached to an aromatic ring is 1. The number of anilines is 2. The largest absolute Gasteiger partial charge is 0.378 e. The molecule has 8 heteroatoms. The van der Waals surface area contributed by atoms with Crippen LogP contribution in [0.15, 0.2) is 24.5 Å². The number of rotatable bonds is 4. The summed E-state index contributed by atoms with van der Waals surface area (Å²) in [5.41, 5.74) is 6.93. The lowest BCUT2D eigenvalue weighted by molar-refractivity contribution is -0.383. The number of hydrogen-bond acceptors (Lipinski definition) is 7. The van der Waals surface area contributed by atoms with Gasteiger partial charge in [0, 0.05) is 12.7 Å². The maximum Gasteiger partial charge on any atom is 0.353 e. The Balaban J connectivity index is 2.32. The Morgan fingerprint density at radius 2 is 2.15 bits per heavy atom. The molecule has 2 aromatic rings. The normalized spacial score (nSPS) is 10.3. The standard InChI is InChI=1S/C12H14N6O2/c1-8-4-3-5-9(16-8)6-17(2)12-10(18(19)20)11(13)14-7-15-12/h3-5,7H,6H2,1-2H3,(H2,13,14,15). The van der Waals surface area contributed by atoms with Gasteiger partial charge in [0.1, 0.15) is 6.33 Å². The zero-order valence-electron chi connectivity index (χ0n) is 11.1. The summed E-state index contributed by atoms with van der Waals surface area (Å²) in [5, 5.41) is 11.1. The molecule has 0 spiro atoms. The van der Waals surface area contributed by atoms with Gasteiger partial charge in [0.25, 0.3) is 0 Å². The highest BCUT2D eigenvalue weighted by atomic mass is 16.6. The van der Waals surface area contributed by atoms with E-state index >= 15 is 0 Å². The number of nitrogens with two attached hydrogens (primary N) is 1. The number of aryl methyl sites for hydroxylation is 1. The quantitative estimate of drug-likeness (QED) is 0.660. The molecule has 2 N–H and O–H groups in total. The molecule has 0 aliphatic heterocycles. The lowest BCUT2D eigenvalue weighted by Crippen LogP contribution is -2.20. The average Bonchev–Trinajstić information content (AvgIpc) is 2.37. The number of aromatic nitrogens is 3. The predicted octanol–water partition coefficient (Wildman–Crippen LogP) is 1.31. The predicted molar refractivity (Wildman–Crippen MR) is 74.2 cm³/mol. The van der Waals surface area contributed by atoms with Gasteiger partial charge in [0.2, 0.25) is 11.6 Å². The molecule has 0 aromatic carbocycles. The highest BCUT2D eigenvalue weighted by Crippen LogP contribution is 2.29. The summed E-state index contributed by atoms with van der Waals surface area (Å²) in [6, 6.07) is 5.61. The number of hydrogen-bond donors (Lipinski definition) is 1. The lowest BCUT2D eigenvalue weighted by atomic mass is 10.3. The van der Waals surface area contributed by atoms with Crippen molar-refractivity contribution in [3.63, 3.8) is 0 Å². The van der Waals surface area contributed by atoms with E-state index in [0.717, 1.165) is 11.4 Å². The Kier molecular flexibility index (Phi) is 3.74. The lowest BCUT2D eigenvalue weighted by Gasteiger charge is -2.17. The molecule has 8 nitrogen and oxygen atoms in total. The van der Waals surface area contributed by atoms with Crippen LogP contribution in [-0.2, 0) is 6.54 Å². The van der Waals surface area contributed by atoms with E-state index < -0.39 is 4.92 Å². The van der Waals surface area contributed by atoms with Crippen LogP contribution in [0.2, 0.25) is 0 Å². The molecule has 0 atom stereocenters. The Morgan fingerprint density at radius 3 is 2.80 bits per heavy atom. The average molecular weight is 274 g/mol. The van der Waals surface area contributed by atoms with Gasteiger partial charge in [-0.25, -0.2) is 9.97 Å². The summed E-state index contributed by atoms with van der Waals surface area (Å²) < 4.78 is 0. The summed E-state index contributed by atoms with van der Waals surface area (Å²) in [6.07, 6.45) is 1.21. The Labute approximate surface area is 115 Å². The molecule has 0 fully saturated rings. The Bertz CT molecular complexity index is 646. The van der Waals surface area contributed by atoms with Crippen LogP contribution < -0.4 is 10.6 Å². The van der Waals surface area contributed by atoms with Crippen molar-refractivity contribution in [2.24, 2.45) is 0 Å². The molecule has 0 aliphatic carbocycles. The van der Waals surface area contributed by atoms with Crippen molar-refractivity contribution < 1.29 is 4.92 Å². The molecule has 2 rings (SSSR count).